The van der Waals surface area contributed by atoms with Crippen molar-refractivity contribution in [2.75, 3.05) is 0 Å². The predicted molar refractivity (Wildman–Crippen MR) is 82.2 cm³/mol. The van der Waals surface area contributed by atoms with Crippen LogP contribution >= 0.6 is 11.6 Å². The molecule has 0 bridgehead atoms. The van der Waals surface area contributed by atoms with Crippen molar-refractivity contribution in [3.8, 4) is 5.75 Å². The second-order valence-electron chi connectivity index (χ2n) is 5.38. The lowest BCUT2D eigenvalue weighted by Gasteiger charge is -2.21. The number of nitrogens with one attached hydrogen (secondary N) is 1. The molecule has 3 heteroatoms. The van der Waals surface area contributed by atoms with Gasteiger partial charge in [0.05, 0.1) is 0 Å². The summed E-state index contributed by atoms with van der Waals surface area (Å²) < 4.78 is 0. The Hall–Kier alpha value is -1.51. The maximum absolute atomic E-state index is 9.89. The van der Waals surface area contributed by atoms with Crippen LogP contribution in [0.15, 0.2) is 42.5 Å². The maximum atomic E-state index is 9.89. The minimum absolute atomic E-state index is 0.255. The molecule has 20 heavy (non-hydrogen) atoms. The first-order valence-corrected chi connectivity index (χ1v) is 7.35. The van der Waals surface area contributed by atoms with E-state index in [0.717, 1.165) is 23.4 Å². The van der Waals surface area contributed by atoms with Crippen LogP contribution in [0.4, 0.5) is 0 Å². The molecule has 2 atom stereocenters. The van der Waals surface area contributed by atoms with Gasteiger partial charge in [0.2, 0.25) is 0 Å². The van der Waals surface area contributed by atoms with E-state index in [9.17, 15) is 5.11 Å². The fourth-order valence-corrected chi connectivity index (χ4v) is 3.08. The van der Waals surface area contributed by atoms with Crippen LogP contribution in [-0.4, -0.2) is 5.11 Å². The third-order valence-electron chi connectivity index (χ3n) is 4.07. The average Bonchev–Trinajstić information content (AvgIpc) is 2.84. The van der Waals surface area contributed by atoms with Gasteiger partial charge in [0.25, 0.3) is 0 Å². The van der Waals surface area contributed by atoms with Crippen molar-refractivity contribution in [3.63, 3.8) is 0 Å². The Balaban J connectivity index is 1.77. The van der Waals surface area contributed by atoms with E-state index in [1.54, 1.807) is 6.07 Å². The molecule has 0 fully saturated rings. The molecule has 0 spiro atoms. The number of aromatic hydroxyl groups is 1. The highest BCUT2D eigenvalue weighted by Crippen LogP contribution is 2.37. The van der Waals surface area contributed by atoms with Crippen LogP contribution in [0.1, 0.15) is 42.1 Å². The van der Waals surface area contributed by atoms with Crippen LogP contribution in [0.25, 0.3) is 0 Å². The molecule has 1 aliphatic carbocycles. The van der Waals surface area contributed by atoms with Gasteiger partial charge < -0.3 is 10.4 Å². The minimum atomic E-state index is 0.255. The highest BCUT2D eigenvalue weighted by molar-refractivity contribution is 6.30. The zero-order valence-corrected chi connectivity index (χ0v) is 12.2. The van der Waals surface area contributed by atoms with E-state index in [-0.39, 0.29) is 6.04 Å². The third-order valence-corrected chi connectivity index (χ3v) is 4.32. The molecule has 1 aliphatic rings. The van der Waals surface area contributed by atoms with Crippen molar-refractivity contribution in [1.82, 2.24) is 5.32 Å². The van der Waals surface area contributed by atoms with Crippen LogP contribution in [0.5, 0.6) is 5.75 Å². The largest absolute Gasteiger partial charge is 0.508 e. The molecule has 0 aliphatic heterocycles. The molecule has 2 N–H and O–H groups in total. The molecule has 104 valence electrons. The number of phenols is 1. The molecule has 2 unspecified atom stereocenters. The van der Waals surface area contributed by atoms with Crippen molar-refractivity contribution < 1.29 is 5.11 Å². The SMILES string of the molecule is CC(NC1CCc2c(O)cccc21)c1ccc(Cl)cc1. The number of hydrogen-bond acceptors (Lipinski definition) is 2. The van der Waals surface area contributed by atoms with Crippen molar-refractivity contribution in [2.24, 2.45) is 0 Å². The van der Waals surface area contributed by atoms with Gasteiger partial charge in [-0.05, 0) is 54.7 Å². The quantitative estimate of drug-likeness (QED) is 0.878. The number of fused-ring (bicyclic) bond motifs is 1. The molecule has 0 saturated heterocycles. The van der Waals surface area contributed by atoms with Gasteiger partial charge in [-0.1, -0.05) is 35.9 Å². The van der Waals surface area contributed by atoms with E-state index in [4.69, 9.17) is 11.6 Å². The normalized spacial score (nSPS) is 18.8. The second kappa shape index (κ2) is 5.47. The van der Waals surface area contributed by atoms with Crippen LogP contribution < -0.4 is 5.32 Å². The predicted octanol–water partition coefficient (Wildman–Crippen LogP) is 4.38. The van der Waals surface area contributed by atoms with Crippen molar-refractivity contribution in [2.45, 2.75) is 31.8 Å². The first kappa shape index (κ1) is 13.5. The van der Waals surface area contributed by atoms with Gasteiger partial charge in [-0.15, -0.1) is 0 Å². The molecule has 2 nitrogen and oxygen atoms in total. The fourth-order valence-electron chi connectivity index (χ4n) is 2.96. The van der Waals surface area contributed by atoms with Crippen LogP contribution in [0.3, 0.4) is 0 Å². The van der Waals surface area contributed by atoms with E-state index in [2.05, 4.69) is 30.4 Å². The van der Waals surface area contributed by atoms with E-state index in [1.165, 1.54) is 11.1 Å². The summed E-state index contributed by atoms with van der Waals surface area (Å²) in [4.78, 5) is 0. The van der Waals surface area contributed by atoms with Gasteiger partial charge in [-0.3, -0.25) is 0 Å². The monoisotopic (exact) mass is 287 g/mol. The lowest BCUT2D eigenvalue weighted by Crippen LogP contribution is -2.22. The molecule has 0 aromatic heterocycles. The van der Waals surface area contributed by atoms with E-state index >= 15 is 0 Å². The number of hydrogen-bond donors (Lipinski definition) is 2. The summed E-state index contributed by atoms with van der Waals surface area (Å²) in [7, 11) is 0. The summed E-state index contributed by atoms with van der Waals surface area (Å²) in [6, 6.07) is 14.3. The topological polar surface area (TPSA) is 32.3 Å². The fraction of sp³-hybridized carbons (Fsp3) is 0.294. The van der Waals surface area contributed by atoms with Crippen molar-refractivity contribution in [3.05, 3.63) is 64.2 Å². The summed E-state index contributed by atoms with van der Waals surface area (Å²) in [5.74, 6) is 0.422. The van der Waals surface area contributed by atoms with Gasteiger partial charge in [0.15, 0.2) is 0 Å². The second-order valence-corrected chi connectivity index (χ2v) is 5.81. The van der Waals surface area contributed by atoms with Gasteiger partial charge in [0.1, 0.15) is 5.75 Å². The van der Waals surface area contributed by atoms with Gasteiger partial charge in [-0.2, -0.15) is 0 Å². The molecule has 0 amide bonds. The Morgan fingerprint density at radius 1 is 1.20 bits per heavy atom. The van der Waals surface area contributed by atoms with Crippen LogP contribution in [-0.2, 0) is 6.42 Å². The standard InChI is InChI=1S/C17H18ClNO/c1-11(12-5-7-13(18)8-6-12)19-16-10-9-15-14(16)3-2-4-17(15)20/h2-8,11,16,19-20H,9-10H2,1H3. The Kier molecular flexibility index (Phi) is 3.68. The Bertz CT molecular complexity index is 609. The molecule has 0 radical (unpaired) electrons. The zero-order valence-electron chi connectivity index (χ0n) is 11.4. The zero-order chi connectivity index (χ0) is 14.1. The van der Waals surface area contributed by atoms with Crippen molar-refractivity contribution in [1.29, 1.82) is 0 Å². The molecule has 3 rings (SSSR count). The van der Waals surface area contributed by atoms with Gasteiger partial charge >= 0.3 is 0 Å². The number of phenolic OH excluding ortho intramolecular Hbond substituents is 1. The highest BCUT2D eigenvalue weighted by atomic mass is 35.5. The average molecular weight is 288 g/mol. The first-order chi connectivity index (χ1) is 9.65. The van der Waals surface area contributed by atoms with E-state index < -0.39 is 0 Å². The third kappa shape index (κ3) is 2.54. The van der Waals surface area contributed by atoms with E-state index in [0.29, 0.717) is 11.8 Å². The summed E-state index contributed by atoms with van der Waals surface area (Å²) >= 11 is 5.92. The Labute approximate surface area is 124 Å². The Morgan fingerprint density at radius 2 is 1.95 bits per heavy atom. The Morgan fingerprint density at radius 3 is 2.70 bits per heavy atom. The molecular formula is C17H18ClNO. The minimum Gasteiger partial charge on any atom is -0.508 e. The van der Waals surface area contributed by atoms with Crippen LogP contribution in [0.2, 0.25) is 5.02 Å². The van der Waals surface area contributed by atoms with Crippen LogP contribution in [0, 0.1) is 0 Å². The van der Waals surface area contributed by atoms with E-state index in [1.807, 2.05) is 18.2 Å². The number of benzene rings is 2. The summed E-state index contributed by atoms with van der Waals surface area (Å²) in [6.07, 6.45) is 1.97. The molecule has 2 aromatic rings. The number of rotatable bonds is 3. The smallest absolute Gasteiger partial charge is 0.119 e. The molecular weight excluding hydrogens is 270 g/mol. The highest BCUT2D eigenvalue weighted by Gasteiger charge is 2.25. The number of halogens is 1. The summed E-state index contributed by atoms with van der Waals surface area (Å²) in [5.41, 5.74) is 3.54. The lowest BCUT2D eigenvalue weighted by atomic mass is 10.0. The summed E-state index contributed by atoms with van der Waals surface area (Å²) in [6.45, 7) is 2.16. The summed E-state index contributed by atoms with van der Waals surface area (Å²) in [5, 5.41) is 14.3. The maximum Gasteiger partial charge on any atom is 0.119 e. The molecule has 0 heterocycles. The van der Waals surface area contributed by atoms with Gasteiger partial charge in [0, 0.05) is 17.1 Å². The first-order valence-electron chi connectivity index (χ1n) is 6.97. The molecule has 2 aromatic carbocycles. The lowest BCUT2D eigenvalue weighted by molar-refractivity contribution is 0.465. The van der Waals surface area contributed by atoms with Crippen molar-refractivity contribution >= 4 is 11.6 Å². The van der Waals surface area contributed by atoms with Gasteiger partial charge in [-0.25, -0.2) is 0 Å². The molecule has 0 saturated carbocycles.